The molecule has 0 saturated heterocycles. The van der Waals surface area contributed by atoms with E-state index in [1.807, 2.05) is 50.3 Å². The number of carbonyl (C=O) groups excluding carboxylic acids is 1. The van der Waals surface area contributed by atoms with E-state index in [-0.39, 0.29) is 5.04 Å². The Bertz CT molecular complexity index is 957. The second kappa shape index (κ2) is 9.15. The first kappa shape index (κ1) is 25.7. The predicted molar refractivity (Wildman–Crippen MR) is 126 cm³/mol. The lowest BCUT2D eigenvalue weighted by Gasteiger charge is -2.40. The summed E-state index contributed by atoms with van der Waals surface area (Å²) in [5.74, 6) is -0.523. The molecule has 0 fully saturated rings. The Morgan fingerprint density at radius 2 is 1.71 bits per heavy atom. The van der Waals surface area contributed by atoms with E-state index in [2.05, 4.69) is 20.8 Å². The Hall–Kier alpha value is -1.52. The van der Waals surface area contributed by atoms with Crippen LogP contribution in [0.25, 0.3) is 10.9 Å². The molecular formula is C22H35NO6SSi. The molecule has 0 aliphatic carbocycles. The predicted octanol–water partition coefficient (Wildman–Crippen LogP) is 6.03. The molecule has 0 radical (unpaired) electrons. The average molecular weight is 470 g/mol. The first-order valence-corrected chi connectivity index (χ1v) is 14.3. The second-order valence-corrected chi connectivity index (χ2v) is 15.7. The van der Waals surface area contributed by atoms with Crippen molar-refractivity contribution < 1.29 is 26.9 Å². The van der Waals surface area contributed by atoms with E-state index in [1.165, 1.54) is 4.57 Å². The van der Waals surface area contributed by atoms with Gasteiger partial charge >= 0.3 is 17.5 Å². The molecule has 1 aromatic carbocycles. The minimum absolute atomic E-state index is 0.136. The van der Waals surface area contributed by atoms with E-state index in [4.69, 9.17) is 13.3 Å². The van der Waals surface area contributed by atoms with Crippen LogP contribution < -0.4 is 0 Å². The summed E-state index contributed by atoms with van der Waals surface area (Å²) in [6.45, 7) is 17.6. The van der Waals surface area contributed by atoms with Crippen LogP contribution in [0.5, 0.6) is 0 Å². The quantitative estimate of drug-likeness (QED) is 0.316. The highest BCUT2D eigenvalue weighted by atomic mass is 32.2. The first-order valence-electron chi connectivity index (χ1n) is 10.3. The highest BCUT2D eigenvalue weighted by molar-refractivity contribution is 7.74. The number of fused-ring (bicyclic) bond motifs is 1. The van der Waals surface area contributed by atoms with Gasteiger partial charge in [-0.2, -0.15) is 4.21 Å². The van der Waals surface area contributed by atoms with E-state index in [9.17, 15) is 13.6 Å². The molecule has 31 heavy (non-hydrogen) atoms. The highest BCUT2D eigenvalue weighted by Crippen LogP contribution is 2.40. The van der Waals surface area contributed by atoms with Gasteiger partial charge in [-0.1, -0.05) is 45.9 Å². The van der Waals surface area contributed by atoms with Gasteiger partial charge in [0.2, 0.25) is 0 Å². The van der Waals surface area contributed by atoms with E-state index in [0.717, 1.165) is 5.39 Å². The zero-order valence-corrected chi connectivity index (χ0v) is 21.7. The Morgan fingerprint density at radius 3 is 2.23 bits per heavy atom. The molecule has 0 spiro atoms. The Labute approximate surface area is 188 Å². The lowest BCUT2D eigenvalue weighted by Crippen LogP contribution is -2.46. The first-order chi connectivity index (χ1) is 14.0. The minimum atomic E-state index is -2.53. The fourth-order valence-electron chi connectivity index (χ4n) is 2.92. The van der Waals surface area contributed by atoms with Crippen molar-refractivity contribution in [3.63, 3.8) is 0 Å². The zero-order valence-electron chi connectivity index (χ0n) is 19.9. The molecule has 0 amide bonds. The molecule has 2 rings (SSSR count). The molecule has 1 heterocycles. The fraction of sp³-hybridized carbons (Fsp3) is 0.591. The van der Waals surface area contributed by atoms with Gasteiger partial charge in [-0.25, -0.2) is 13.5 Å². The van der Waals surface area contributed by atoms with Crippen LogP contribution in [0.3, 0.4) is 0 Å². The summed E-state index contributed by atoms with van der Waals surface area (Å²) in [6.07, 6.45) is -1.54. The molecule has 174 valence electrons. The molecule has 0 saturated carbocycles. The molecule has 1 aromatic heterocycles. The molecule has 0 bridgehead atoms. The minimum Gasteiger partial charge on any atom is -0.443 e. The van der Waals surface area contributed by atoms with Gasteiger partial charge < -0.3 is 9.16 Å². The third-order valence-electron chi connectivity index (χ3n) is 5.58. The Morgan fingerprint density at radius 1 is 1.13 bits per heavy atom. The van der Waals surface area contributed by atoms with Gasteiger partial charge in [-0.15, -0.1) is 0 Å². The molecule has 7 nitrogen and oxygen atoms in total. The van der Waals surface area contributed by atoms with Crippen molar-refractivity contribution in [2.45, 2.75) is 84.4 Å². The number of hydrogen-bond donors (Lipinski definition) is 1. The van der Waals surface area contributed by atoms with E-state index >= 15 is 0 Å². The van der Waals surface area contributed by atoms with Gasteiger partial charge in [-0.3, -0.25) is 4.55 Å². The number of hydrogen-bond acceptors (Lipinski definition) is 5. The largest absolute Gasteiger partial charge is 0.443 e. The number of carbonyl (C=O) groups is 1. The number of benzene rings is 1. The molecule has 1 N–H and O–H groups in total. The van der Waals surface area contributed by atoms with Crippen LogP contribution in [0.4, 0.5) is 4.79 Å². The third-order valence-corrected chi connectivity index (χ3v) is 10.4. The van der Waals surface area contributed by atoms with Crippen LogP contribution in [-0.4, -0.2) is 39.6 Å². The number of ether oxygens (including phenoxy) is 1. The molecule has 2 aromatic rings. The van der Waals surface area contributed by atoms with Crippen molar-refractivity contribution in [2.75, 3.05) is 0 Å². The van der Waals surface area contributed by atoms with Gasteiger partial charge in [0.25, 0.3) is 0 Å². The summed E-state index contributed by atoms with van der Waals surface area (Å²) in [5, 5.41) is 0.717. The summed E-state index contributed by atoms with van der Waals surface area (Å²) < 4.78 is 39.9. The third kappa shape index (κ3) is 6.26. The van der Waals surface area contributed by atoms with Crippen molar-refractivity contribution >= 4 is 36.7 Å². The normalized spacial score (nSPS) is 16.2. The standard InChI is InChI=1S/C22H35NO6SSi/c1-15(19(28-30(25)26)29-31(8,9)22(5,6)7)18-14-16-12-10-11-13-17(16)23(18)20(24)27-21(2,3)4/h10-15,19H,1-9H3,(H,25,26). The topological polar surface area (TPSA) is 87.0 Å². The van der Waals surface area contributed by atoms with Crippen molar-refractivity contribution in [3.8, 4) is 0 Å². The van der Waals surface area contributed by atoms with Crippen LogP contribution in [0.15, 0.2) is 30.3 Å². The van der Waals surface area contributed by atoms with Crippen LogP contribution in [0.1, 0.15) is 60.1 Å². The maximum absolute atomic E-state index is 13.1. The summed E-state index contributed by atoms with van der Waals surface area (Å²) in [7, 11) is -2.35. The maximum atomic E-state index is 13.1. The van der Waals surface area contributed by atoms with E-state index < -0.39 is 43.6 Å². The molecule has 9 heteroatoms. The van der Waals surface area contributed by atoms with Gasteiger partial charge in [0.05, 0.1) is 5.52 Å². The Balaban J connectivity index is 2.57. The van der Waals surface area contributed by atoms with Crippen LogP contribution in [-0.2, 0) is 24.7 Å². The van der Waals surface area contributed by atoms with Crippen LogP contribution in [0.2, 0.25) is 18.1 Å². The van der Waals surface area contributed by atoms with Crippen molar-refractivity contribution in [2.24, 2.45) is 0 Å². The van der Waals surface area contributed by atoms with Crippen molar-refractivity contribution in [1.82, 2.24) is 4.57 Å². The fourth-order valence-corrected chi connectivity index (χ4v) is 4.54. The summed E-state index contributed by atoms with van der Waals surface area (Å²) in [6, 6.07) is 9.35. The lowest BCUT2D eigenvalue weighted by atomic mass is 10.1. The van der Waals surface area contributed by atoms with Crippen molar-refractivity contribution in [3.05, 3.63) is 36.0 Å². The van der Waals surface area contributed by atoms with Gasteiger partial charge in [0.15, 0.2) is 14.6 Å². The molecule has 0 aliphatic heterocycles. The SMILES string of the molecule is CC(c1cc2ccccc2n1C(=O)OC(C)(C)C)C(OS(=O)O)O[Si](C)(C)C(C)(C)C. The monoisotopic (exact) mass is 469 g/mol. The van der Waals surface area contributed by atoms with Crippen molar-refractivity contribution in [1.29, 1.82) is 0 Å². The summed E-state index contributed by atoms with van der Waals surface area (Å²) in [5.41, 5.74) is 0.600. The molecule has 3 atom stereocenters. The maximum Gasteiger partial charge on any atom is 0.419 e. The molecule has 0 aliphatic rings. The van der Waals surface area contributed by atoms with Gasteiger partial charge in [-0.05, 0) is 51.0 Å². The smallest absolute Gasteiger partial charge is 0.419 e. The Kier molecular flexibility index (Phi) is 7.59. The van der Waals surface area contributed by atoms with Gasteiger partial charge in [0, 0.05) is 17.0 Å². The van der Waals surface area contributed by atoms with E-state index in [0.29, 0.717) is 11.2 Å². The van der Waals surface area contributed by atoms with Crippen LogP contribution >= 0.6 is 0 Å². The summed E-state index contributed by atoms with van der Waals surface area (Å²) >= 11 is -2.53. The number of para-hydroxylation sites is 1. The number of nitrogens with zero attached hydrogens (tertiary/aromatic N) is 1. The second-order valence-electron chi connectivity index (χ2n) is 10.3. The summed E-state index contributed by atoms with van der Waals surface area (Å²) in [4.78, 5) is 13.1. The van der Waals surface area contributed by atoms with Gasteiger partial charge in [0.1, 0.15) is 5.60 Å². The number of aromatic nitrogens is 1. The number of rotatable bonds is 6. The average Bonchev–Trinajstić information content (AvgIpc) is 2.97. The zero-order chi connectivity index (χ0) is 23.8. The van der Waals surface area contributed by atoms with E-state index in [1.54, 1.807) is 20.8 Å². The molecular weight excluding hydrogens is 434 g/mol. The lowest BCUT2D eigenvalue weighted by molar-refractivity contribution is -0.0205. The highest BCUT2D eigenvalue weighted by Gasteiger charge is 2.42. The van der Waals surface area contributed by atoms with Crippen LogP contribution in [0, 0.1) is 0 Å². The molecule has 3 unspecified atom stereocenters.